The van der Waals surface area contributed by atoms with Gasteiger partial charge in [-0.2, -0.15) is 0 Å². The molecule has 0 saturated heterocycles. The predicted molar refractivity (Wildman–Crippen MR) is 113 cm³/mol. The Morgan fingerprint density at radius 2 is 1.25 bits per heavy atom. The second-order valence-corrected chi connectivity index (χ2v) is 6.78. The molecule has 32 heavy (non-hydrogen) atoms. The van der Waals surface area contributed by atoms with Crippen molar-refractivity contribution in [3.63, 3.8) is 0 Å². The number of carboxylic acid groups (broad SMARTS) is 2. The highest BCUT2D eigenvalue weighted by atomic mass is 16.7. The molecular weight excluding hydrogens is 416 g/mol. The Morgan fingerprint density at radius 3 is 1.66 bits per heavy atom. The van der Waals surface area contributed by atoms with Crippen molar-refractivity contribution in [3.8, 4) is 11.5 Å². The number of hydrogen-bond acceptors (Lipinski definition) is 6. The number of carboxylic acids is 2. The lowest BCUT2D eigenvalue weighted by atomic mass is 10.1. The lowest BCUT2D eigenvalue weighted by molar-refractivity contribution is 0.00138. The van der Waals surface area contributed by atoms with Crippen LogP contribution in [-0.4, -0.2) is 34.7 Å². The minimum atomic E-state index is -1.31. The van der Waals surface area contributed by atoms with Crippen LogP contribution in [0.15, 0.2) is 60.7 Å². The average Bonchev–Trinajstić information content (AvgIpc) is 2.79. The third kappa shape index (κ3) is 4.81. The first-order valence-electron chi connectivity index (χ1n) is 9.38. The third-order valence-corrected chi connectivity index (χ3v) is 4.65. The van der Waals surface area contributed by atoms with Crippen molar-refractivity contribution in [1.29, 1.82) is 0 Å². The minimum absolute atomic E-state index is 0.0715. The van der Waals surface area contributed by atoms with Crippen LogP contribution in [0, 0.1) is 6.92 Å². The van der Waals surface area contributed by atoms with E-state index in [2.05, 4.69) is 0 Å². The molecule has 0 spiro atoms. The zero-order valence-corrected chi connectivity index (χ0v) is 16.8. The van der Waals surface area contributed by atoms with Gasteiger partial charge in [-0.3, -0.25) is 9.59 Å². The second-order valence-electron chi connectivity index (χ2n) is 6.78. The highest BCUT2D eigenvalue weighted by Gasteiger charge is 2.24. The minimum Gasteiger partial charge on any atom is -0.478 e. The highest BCUT2D eigenvalue weighted by molar-refractivity contribution is 5.94. The van der Waals surface area contributed by atoms with Crippen LogP contribution >= 0.6 is 0 Å². The fourth-order valence-corrected chi connectivity index (χ4v) is 3.01. The van der Waals surface area contributed by atoms with Gasteiger partial charge in [0, 0.05) is 16.7 Å². The molecule has 0 aliphatic carbocycles. The molecule has 8 nitrogen and oxygen atoms in total. The molecule has 0 bridgehead atoms. The first-order valence-corrected chi connectivity index (χ1v) is 9.38. The quantitative estimate of drug-likeness (QED) is 0.379. The molecule has 3 rings (SSSR count). The van der Waals surface area contributed by atoms with E-state index in [1.807, 2.05) is 0 Å². The predicted octanol–water partition coefficient (Wildman–Crippen LogP) is 4.17. The van der Waals surface area contributed by atoms with Crippen LogP contribution < -0.4 is 9.47 Å². The molecule has 8 heteroatoms. The second kappa shape index (κ2) is 9.57. The van der Waals surface area contributed by atoms with Crippen molar-refractivity contribution < 1.29 is 38.9 Å². The number of ether oxygens (including phenoxy) is 2. The van der Waals surface area contributed by atoms with Crippen LogP contribution in [0.5, 0.6) is 11.5 Å². The van der Waals surface area contributed by atoms with Gasteiger partial charge in [-0.1, -0.05) is 24.3 Å². The van der Waals surface area contributed by atoms with E-state index in [4.69, 9.17) is 9.47 Å². The Balaban J connectivity index is 2.09. The molecule has 0 amide bonds. The van der Waals surface area contributed by atoms with Gasteiger partial charge in [0.15, 0.2) is 0 Å². The number of carbonyl (C=O) groups excluding carboxylic acids is 2. The van der Waals surface area contributed by atoms with Crippen LogP contribution in [0.3, 0.4) is 0 Å². The zero-order chi connectivity index (χ0) is 23.3. The summed E-state index contributed by atoms with van der Waals surface area (Å²) in [6.45, 7) is 1.79. The van der Waals surface area contributed by atoms with Crippen molar-refractivity contribution >= 4 is 24.5 Å². The monoisotopic (exact) mass is 434 g/mol. The molecule has 0 radical (unpaired) electrons. The van der Waals surface area contributed by atoms with Crippen molar-refractivity contribution in [1.82, 2.24) is 0 Å². The smallest absolute Gasteiger partial charge is 0.339 e. The number of aromatic carboxylic acids is 2. The van der Waals surface area contributed by atoms with Crippen LogP contribution in [0.4, 0.5) is 0 Å². The first-order chi connectivity index (χ1) is 15.3. The van der Waals surface area contributed by atoms with E-state index in [0.29, 0.717) is 18.1 Å². The van der Waals surface area contributed by atoms with E-state index in [0.717, 1.165) is 5.56 Å². The molecule has 3 aromatic rings. The Morgan fingerprint density at radius 1 is 0.781 bits per heavy atom. The summed E-state index contributed by atoms with van der Waals surface area (Å²) in [4.78, 5) is 45.5. The maximum absolute atomic E-state index is 11.7. The standard InChI is InChI=1S/C24H18O8/c1-14-4-2-3-5-17(14)24(31-20-8-6-15(12-25)10-18(20)22(27)28)32-21-9-7-16(13-26)11-19(21)23(29)30/h2-13,24H,1H3,(H,27,28)(H,29,30). The van der Waals surface area contributed by atoms with E-state index < -0.39 is 18.2 Å². The summed E-state index contributed by atoms with van der Waals surface area (Å²) in [6.07, 6.45) is -0.199. The zero-order valence-electron chi connectivity index (χ0n) is 16.8. The van der Waals surface area contributed by atoms with Crippen LogP contribution in [0.25, 0.3) is 0 Å². The normalized spacial score (nSPS) is 10.4. The molecule has 0 heterocycles. The van der Waals surface area contributed by atoms with Crippen LogP contribution in [0.1, 0.15) is 58.8 Å². The number of aryl methyl sites for hydroxylation is 1. The number of hydrogen-bond donors (Lipinski definition) is 2. The number of aldehydes is 2. The van der Waals surface area contributed by atoms with Gasteiger partial charge >= 0.3 is 11.9 Å². The maximum Gasteiger partial charge on any atom is 0.339 e. The highest BCUT2D eigenvalue weighted by Crippen LogP contribution is 2.32. The van der Waals surface area contributed by atoms with Crippen molar-refractivity contribution in [3.05, 3.63) is 94.0 Å². The average molecular weight is 434 g/mol. The summed E-state index contributed by atoms with van der Waals surface area (Å²) in [7, 11) is 0. The third-order valence-electron chi connectivity index (χ3n) is 4.65. The molecule has 0 atom stereocenters. The lowest BCUT2D eigenvalue weighted by Crippen LogP contribution is -2.19. The van der Waals surface area contributed by atoms with Gasteiger partial charge in [-0.15, -0.1) is 0 Å². The Bertz CT molecular complexity index is 1130. The Labute approximate surface area is 182 Å². The number of rotatable bonds is 9. The lowest BCUT2D eigenvalue weighted by Gasteiger charge is -2.24. The summed E-state index contributed by atoms with van der Waals surface area (Å²) in [5, 5.41) is 19.1. The fourth-order valence-electron chi connectivity index (χ4n) is 3.01. The molecule has 0 aromatic heterocycles. The molecule has 162 valence electrons. The largest absolute Gasteiger partial charge is 0.478 e. The van der Waals surface area contributed by atoms with Gasteiger partial charge in [-0.25, -0.2) is 9.59 Å². The molecular formula is C24H18O8. The molecule has 0 unspecified atom stereocenters. The number of carbonyl (C=O) groups is 4. The van der Waals surface area contributed by atoms with Crippen LogP contribution in [-0.2, 0) is 0 Å². The van der Waals surface area contributed by atoms with Gasteiger partial charge in [0.05, 0.1) is 0 Å². The van der Waals surface area contributed by atoms with E-state index in [1.54, 1.807) is 31.2 Å². The molecule has 0 aliphatic rings. The van der Waals surface area contributed by atoms with E-state index in [-0.39, 0.29) is 33.8 Å². The van der Waals surface area contributed by atoms with Crippen molar-refractivity contribution in [2.45, 2.75) is 13.2 Å². The van der Waals surface area contributed by atoms with Crippen LogP contribution in [0.2, 0.25) is 0 Å². The summed E-state index contributed by atoms with van der Waals surface area (Å²) in [5.74, 6) is -2.77. The summed E-state index contributed by atoms with van der Waals surface area (Å²) < 4.78 is 11.8. The van der Waals surface area contributed by atoms with Crippen molar-refractivity contribution in [2.24, 2.45) is 0 Å². The van der Waals surface area contributed by atoms with E-state index >= 15 is 0 Å². The molecule has 0 saturated carbocycles. The maximum atomic E-state index is 11.7. The molecule has 2 N–H and O–H groups in total. The van der Waals surface area contributed by atoms with Gasteiger partial charge in [-0.05, 0) is 48.9 Å². The summed E-state index contributed by atoms with van der Waals surface area (Å²) >= 11 is 0. The molecule has 0 fully saturated rings. The van der Waals surface area contributed by atoms with E-state index in [9.17, 15) is 29.4 Å². The van der Waals surface area contributed by atoms with Gasteiger partial charge in [0.25, 0.3) is 6.29 Å². The summed E-state index contributed by atoms with van der Waals surface area (Å²) in [6, 6.07) is 14.8. The Kier molecular flexibility index (Phi) is 6.65. The molecule has 0 aliphatic heterocycles. The topological polar surface area (TPSA) is 127 Å². The van der Waals surface area contributed by atoms with Gasteiger partial charge in [0.2, 0.25) is 0 Å². The van der Waals surface area contributed by atoms with Gasteiger partial charge in [0.1, 0.15) is 35.2 Å². The summed E-state index contributed by atoms with van der Waals surface area (Å²) in [5.41, 5.74) is 1.07. The van der Waals surface area contributed by atoms with E-state index in [1.165, 1.54) is 36.4 Å². The fraction of sp³-hybridized carbons (Fsp3) is 0.0833. The SMILES string of the molecule is Cc1ccccc1C(Oc1ccc(C=O)cc1C(=O)O)Oc1ccc(C=O)cc1C(=O)O. The first kappa shape index (κ1) is 22.2. The molecule has 3 aromatic carbocycles. The number of benzene rings is 3. The van der Waals surface area contributed by atoms with Crippen molar-refractivity contribution in [2.75, 3.05) is 0 Å². The Hall–Kier alpha value is -4.46. The van der Waals surface area contributed by atoms with Gasteiger partial charge < -0.3 is 19.7 Å².